The monoisotopic (exact) mass is 409 g/mol. The van der Waals surface area contributed by atoms with E-state index in [1.165, 1.54) is 6.08 Å². The number of rotatable bonds is 5. The molecule has 2 aromatic carbocycles. The molecule has 114 valence electrons. The summed E-state index contributed by atoms with van der Waals surface area (Å²) in [7, 11) is 0. The Kier molecular flexibility index (Phi) is 5.83. The van der Waals surface area contributed by atoms with Gasteiger partial charge in [0.2, 0.25) is 5.91 Å². The van der Waals surface area contributed by atoms with Gasteiger partial charge in [-0.2, -0.15) is 0 Å². The number of aromatic hydroxyl groups is 1. The average molecular weight is 409 g/mol. The fourth-order valence-corrected chi connectivity index (χ4v) is 2.43. The second-order valence-electron chi connectivity index (χ2n) is 4.46. The number of carbonyl (C=O) groups excluding carboxylic acids is 1. The van der Waals surface area contributed by atoms with E-state index in [1.54, 1.807) is 24.3 Å². The normalized spacial score (nSPS) is 10.6. The molecule has 0 radical (unpaired) electrons. The minimum Gasteiger partial charge on any atom is -0.504 e. The molecule has 2 N–H and O–H groups in total. The van der Waals surface area contributed by atoms with E-state index in [9.17, 15) is 9.90 Å². The summed E-state index contributed by atoms with van der Waals surface area (Å²) < 4.78 is 6.45. The van der Waals surface area contributed by atoms with E-state index < -0.39 is 0 Å². The van der Waals surface area contributed by atoms with Crippen molar-refractivity contribution in [2.24, 2.45) is 0 Å². The molecule has 0 saturated carbocycles. The number of hydrogen-bond acceptors (Lipinski definition) is 3. The number of phenolic OH excluding ortho intramolecular Hbond substituents is 1. The van der Waals surface area contributed by atoms with Crippen LogP contribution in [0.15, 0.2) is 48.5 Å². The lowest BCUT2D eigenvalue weighted by Gasteiger charge is -2.08. The number of amides is 1. The summed E-state index contributed by atoms with van der Waals surface area (Å²) in [5, 5.41) is 12.6. The lowest BCUT2D eigenvalue weighted by Crippen LogP contribution is -2.07. The zero-order valence-corrected chi connectivity index (χ0v) is 14.2. The van der Waals surface area contributed by atoms with Crippen LogP contribution in [0.2, 0.25) is 0 Å². The third-order valence-corrected chi connectivity index (χ3v) is 3.49. The minimum atomic E-state index is -0.243. The van der Waals surface area contributed by atoms with Gasteiger partial charge in [0.05, 0.1) is 6.61 Å². The molecule has 0 aromatic heterocycles. The van der Waals surface area contributed by atoms with Gasteiger partial charge in [-0.05, 0) is 59.9 Å². The maximum Gasteiger partial charge on any atom is 0.248 e. The maximum atomic E-state index is 11.9. The molecule has 4 nitrogen and oxygen atoms in total. The van der Waals surface area contributed by atoms with Gasteiger partial charge >= 0.3 is 0 Å². The van der Waals surface area contributed by atoms with Gasteiger partial charge in [0.15, 0.2) is 11.5 Å². The standard InChI is InChI=1S/C17H16INO3/c1-2-22-17-12(5-3-8-15(17)20)9-10-16(21)19-14-7-4-6-13(18)11-14/h3-11,20H,2H2,1H3,(H,19,21)/b10-9+. The van der Waals surface area contributed by atoms with Crippen LogP contribution >= 0.6 is 22.6 Å². The number of halogens is 1. The number of anilines is 1. The molecule has 0 aliphatic heterocycles. The van der Waals surface area contributed by atoms with Gasteiger partial charge in [0, 0.05) is 20.9 Å². The fourth-order valence-electron chi connectivity index (χ4n) is 1.89. The zero-order valence-electron chi connectivity index (χ0n) is 12.0. The fraction of sp³-hybridized carbons (Fsp3) is 0.118. The van der Waals surface area contributed by atoms with Gasteiger partial charge < -0.3 is 15.2 Å². The molecule has 0 fully saturated rings. The summed E-state index contributed by atoms with van der Waals surface area (Å²) in [6.07, 6.45) is 3.03. The van der Waals surface area contributed by atoms with Crippen LogP contribution in [0.25, 0.3) is 6.08 Å². The van der Waals surface area contributed by atoms with Crippen molar-refractivity contribution in [2.45, 2.75) is 6.92 Å². The summed E-state index contributed by atoms with van der Waals surface area (Å²) in [6.45, 7) is 2.27. The SMILES string of the molecule is CCOc1c(O)cccc1/C=C/C(=O)Nc1cccc(I)c1. The van der Waals surface area contributed by atoms with E-state index in [1.807, 2.05) is 31.2 Å². The summed E-state index contributed by atoms with van der Waals surface area (Å²) in [6, 6.07) is 12.6. The molecule has 0 heterocycles. The number of phenols is 1. The van der Waals surface area contributed by atoms with Gasteiger partial charge in [-0.25, -0.2) is 0 Å². The van der Waals surface area contributed by atoms with Crippen LogP contribution in [0.3, 0.4) is 0 Å². The summed E-state index contributed by atoms with van der Waals surface area (Å²) in [4.78, 5) is 11.9. The van der Waals surface area contributed by atoms with Crippen LogP contribution in [0, 0.1) is 3.57 Å². The van der Waals surface area contributed by atoms with Crippen LogP contribution in [-0.2, 0) is 4.79 Å². The van der Waals surface area contributed by atoms with E-state index in [0.717, 1.165) is 9.26 Å². The molecule has 5 heteroatoms. The molecule has 0 spiro atoms. The zero-order chi connectivity index (χ0) is 15.9. The third kappa shape index (κ3) is 4.49. The van der Waals surface area contributed by atoms with Crippen molar-refractivity contribution < 1.29 is 14.6 Å². The Morgan fingerprint density at radius 1 is 1.32 bits per heavy atom. The van der Waals surface area contributed by atoms with E-state index in [0.29, 0.717) is 17.9 Å². The summed E-state index contributed by atoms with van der Waals surface area (Å²) in [5.74, 6) is 0.193. The first-order valence-electron chi connectivity index (χ1n) is 6.79. The van der Waals surface area contributed by atoms with Gasteiger partial charge in [0.25, 0.3) is 0 Å². The first-order valence-corrected chi connectivity index (χ1v) is 7.87. The third-order valence-electron chi connectivity index (χ3n) is 2.82. The lowest BCUT2D eigenvalue weighted by atomic mass is 10.1. The molecule has 0 saturated heterocycles. The smallest absolute Gasteiger partial charge is 0.248 e. The van der Waals surface area contributed by atoms with Crippen LogP contribution in [-0.4, -0.2) is 17.6 Å². The largest absolute Gasteiger partial charge is 0.504 e. The molecular weight excluding hydrogens is 393 g/mol. The topological polar surface area (TPSA) is 58.6 Å². The Bertz CT molecular complexity index is 698. The van der Waals surface area contributed by atoms with E-state index in [2.05, 4.69) is 27.9 Å². The van der Waals surface area contributed by atoms with Crippen LogP contribution in [0.5, 0.6) is 11.5 Å². The highest BCUT2D eigenvalue weighted by Crippen LogP contribution is 2.30. The van der Waals surface area contributed by atoms with Crippen molar-refractivity contribution in [1.82, 2.24) is 0 Å². The van der Waals surface area contributed by atoms with Crippen LogP contribution < -0.4 is 10.1 Å². The second-order valence-corrected chi connectivity index (χ2v) is 5.71. The van der Waals surface area contributed by atoms with Gasteiger partial charge in [-0.15, -0.1) is 0 Å². The lowest BCUT2D eigenvalue weighted by molar-refractivity contribution is -0.111. The van der Waals surface area contributed by atoms with Gasteiger partial charge in [-0.1, -0.05) is 18.2 Å². The van der Waals surface area contributed by atoms with Crippen molar-refractivity contribution in [1.29, 1.82) is 0 Å². The number of benzene rings is 2. The Labute approximate surface area is 143 Å². The first kappa shape index (κ1) is 16.4. The van der Waals surface area contributed by atoms with Crippen molar-refractivity contribution in [2.75, 3.05) is 11.9 Å². The molecular formula is C17H16INO3. The molecule has 0 bridgehead atoms. The molecule has 1 amide bonds. The number of para-hydroxylation sites is 1. The Morgan fingerprint density at radius 2 is 2.09 bits per heavy atom. The predicted octanol–water partition coefficient (Wildman–Crippen LogP) is 4.05. The van der Waals surface area contributed by atoms with Gasteiger partial charge in [0.1, 0.15) is 0 Å². The van der Waals surface area contributed by atoms with E-state index >= 15 is 0 Å². The van der Waals surface area contributed by atoms with Crippen molar-refractivity contribution >= 4 is 40.3 Å². The first-order chi connectivity index (χ1) is 10.6. The Balaban J connectivity index is 2.11. The van der Waals surface area contributed by atoms with Crippen LogP contribution in [0.4, 0.5) is 5.69 Å². The highest BCUT2D eigenvalue weighted by molar-refractivity contribution is 14.1. The molecule has 0 unspecified atom stereocenters. The highest BCUT2D eigenvalue weighted by Gasteiger charge is 2.06. The minimum absolute atomic E-state index is 0.0574. The Hall–Kier alpha value is -2.02. The summed E-state index contributed by atoms with van der Waals surface area (Å²) in [5.41, 5.74) is 1.39. The van der Waals surface area contributed by atoms with Crippen molar-refractivity contribution in [3.05, 3.63) is 57.7 Å². The van der Waals surface area contributed by atoms with E-state index in [4.69, 9.17) is 4.74 Å². The van der Waals surface area contributed by atoms with Gasteiger partial charge in [-0.3, -0.25) is 4.79 Å². The highest BCUT2D eigenvalue weighted by atomic mass is 127. The Morgan fingerprint density at radius 3 is 2.82 bits per heavy atom. The molecule has 0 aliphatic carbocycles. The predicted molar refractivity (Wildman–Crippen MR) is 96.1 cm³/mol. The van der Waals surface area contributed by atoms with Crippen LogP contribution in [0.1, 0.15) is 12.5 Å². The molecule has 22 heavy (non-hydrogen) atoms. The molecule has 2 aromatic rings. The van der Waals surface area contributed by atoms with Crippen molar-refractivity contribution in [3.8, 4) is 11.5 Å². The number of nitrogens with one attached hydrogen (secondary N) is 1. The van der Waals surface area contributed by atoms with Crippen molar-refractivity contribution in [3.63, 3.8) is 0 Å². The molecule has 0 aliphatic rings. The van der Waals surface area contributed by atoms with E-state index in [-0.39, 0.29) is 11.7 Å². The number of hydrogen-bond donors (Lipinski definition) is 2. The second kappa shape index (κ2) is 7.84. The maximum absolute atomic E-state index is 11.9. The molecule has 0 atom stereocenters. The number of ether oxygens (including phenoxy) is 1. The summed E-state index contributed by atoms with van der Waals surface area (Å²) >= 11 is 2.19. The quantitative estimate of drug-likeness (QED) is 0.579. The number of carbonyl (C=O) groups is 1. The molecule has 2 rings (SSSR count). The average Bonchev–Trinajstić information content (AvgIpc) is 2.48.